The number of nitrogens with zero attached hydrogens (tertiary/aromatic N) is 2. The van der Waals surface area contributed by atoms with Crippen LogP contribution in [0, 0.1) is 13.8 Å². The van der Waals surface area contributed by atoms with E-state index in [0.717, 1.165) is 34.6 Å². The molecule has 0 radical (unpaired) electrons. The van der Waals surface area contributed by atoms with Gasteiger partial charge in [-0.05, 0) is 61.6 Å². The topological polar surface area (TPSA) is 34.9 Å². The number of carbonyl (C=O) groups excluding carboxylic acids is 1. The second-order valence-corrected chi connectivity index (χ2v) is 7.17. The summed E-state index contributed by atoms with van der Waals surface area (Å²) in [5.41, 5.74) is 5.96. The van der Waals surface area contributed by atoms with Gasteiger partial charge in [-0.3, -0.25) is 4.79 Å². The quantitative estimate of drug-likeness (QED) is 0.647. The lowest BCUT2D eigenvalue weighted by Gasteiger charge is -2.23. The zero-order chi connectivity index (χ0) is 17.6. The predicted molar refractivity (Wildman–Crippen MR) is 99.9 cm³/mol. The zero-order valence-corrected chi connectivity index (χ0v) is 15.0. The van der Waals surface area contributed by atoms with Gasteiger partial charge in [0.25, 0.3) is 0 Å². The van der Waals surface area contributed by atoms with E-state index in [4.69, 9.17) is 11.6 Å². The number of fused-ring (bicyclic) bond motifs is 1. The number of aryl methyl sites for hydroxylation is 2. The smallest absolute Gasteiger partial charge is 0.167 e. The molecule has 0 spiro atoms. The molecule has 0 saturated carbocycles. The van der Waals surface area contributed by atoms with Gasteiger partial charge in [0.05, 0.1) is 22.6 Å². The number of rotatable bonds is 2. The van der Waals surface area contributed by atoms with E-state index >= 15 is 0 Å². The third-order valence-corrected chi connectivity index (χ3v) is 5.15. The monoisotopic (exact) mass is 350 g/mol. The third kappa shape index (κ3) is 2.89. The minimum atomic E-state index is 0.164. The molecule has 3 aromatic rings. The standard InChI is InChI=1S/C21H19ClN2O/c1-13-4-3-5-18(10-13)24-19-11-16(15-6-8-17(22)9-7-15)12-20(25)21(19)14(2)23-24/h3-10,16H,11-12H2,1-2H3. The van der Waals surface area contributed by atoms with Gasteiger partial charge in [-0.1, -0.05) is 35.9 Å². The van der Waals surface area contributed by atoms with Gasteiger partial charge in [0.2, 0.25) is 0 Å². The van der Waals surface area contributed by atoms with E-state index in [1.54, 1.807) is 0 Å². The van der Waals surface area contributed by atoms with E-state index < -0.39 is 0 Å². The van der Waals surface area contributed by atoms with Crippen molar-refractivity contribution in [2.45, 2.75) is 32.6 Å². The summed E-state index contributed by atoms with van der Waals surface area (Å²) in [4.78, 5) is 12.8. The van der Waals surface area contributed by atoms with Crippen LogP contribution in [0.25, 0.3) is 5.69 Å². The lowest BCUT2D eigenvalue weighted by molar-refractivity contribution is 0.0963. The van der Waals surface area contributed by atoms with E-state index in [0.29, 0.717) is 11.4 Å². The zero-order valence-electron chi connectivity index (χ0n) is 14.3. The Balaban J connectivity index is 1.79. The summed E-state index contributed by atoms with van der Waals surface area (Å²) in [6.07, 6.45) is 1.33. The van der Waals surface area contributed by atoms with Crippen molar-refractivity contribution in [3.8, 4) is 5.69 Å². The highest BCUT2D eigenvalue weighted by Gasteiger charge is 2.32. The number of carbonyl (C=O) groups is 1. The van der Waals surface area contributed by atoms with Crippen LogP contribution in [-0.2, 0) is 6.42 Å². The maximum Gasteiger partial charge on any atom is 0.167 e. The van der Waals surface area contributed by atoms with Crippen molar-refractivity contribution in [3.63, 3.8) is 0 Å². The van der Waals surface area contributed by atoms with Crippen LogP contribution in [0.5, 0.6) is 0 Å². The first-order valence-corrected chi connectivity index (χ1v) is 8.85. The molecule has 0 fully saturated rings. The number of benzene rings is 2. The van der Waals surface area contributed by atoms with Gasteiger partial charge in [-0.15, -0.1) is 0 Å². The molecule has 0 saturated heterocycles. The Morgan fingerprint density at radius 1 is 1.08 bits per heavy atom. The molecular formula is C21H19ClN2O. The Bertz CT molecular complexity index is 957. The molecule has 1 unspecified atom stereocenters. The molecule has 0 bridgehead atoms. The average molecular weight is 351 g/mol. The van der Waals surface area contributed by atoms with E-state index in [2.05, 4.69) is 24.2 Å². The number of Topliss-reactive ketones (excluding diaryl/α,β-unsaturated/α-hetero) is 1. The normalized spacial score (nSPS) is 16.8. The van der Waals surface area contributed by atoms with Crippen LogP contribution in [0.4, 0.5) is 0 Å². The Morgan fingerprint density at radius 3 is 2.56 bits per heavy atom. The second-order valence-electron chi connectivity index (χ2n) is 6.74. The molecule has 0 aliphatic heterocycles. The Hall–Kier alpha value is -2.39. The molecule has 0 amide bonds. The van der Waals surface area contributed by atoms with Gasteiger partial charge in [0, 0.05) is 11.4 Å². The summed E-state index contributed by atoms with van der Waals surface area (Å²) in [5, 5.41) is 5.39. The number of ketones is 1. The predicted octanol–water partition coefficient (Wildman–Crippen LogP) is 5.06. The van der Waals surface area contributed by atoms with Crippen LogP contribution in [0.2, 0.25) is 5.02 Å². The van der Waals surface area contributed by atoms with Crippen molar-refractivity contribution in [3.05, 3.63) is 81.6 Å². The first-order valence-electron chi connectivity index (χ1n) is 8.47. The Morgan fingerprint density at radius 2 is 1.84 bits per heavy atom. The van der Waals surface area contributed by atoms with Crippen LogP contribution in [0.3, 0.4) is 0 Å². The highest BCUT2D eigenvalue weighted by Crippen LogP contribution is 2.35. The minimum Gasteiger partial charge on any atom is -0.294 e. The van der Waals surface area contributed by atoms with Gasteiger partial charge in [-0.2, -0.15) is 5.10 Å². The average Bonchev–Trinajstić information content (AvgIpc) is 2.93. The van der Waals surface area contributed by atoms with Gasteiger partial charge in [-0.25, -0.2) is 4.68 Å². The maximum absolute atomic E-state index is 12.8. The third-order valence-electron chi connectivity index (χ3n) is 4.89. The van der Waals surface area contributed by atoms with E-state index in [-0.39, 0.29) is 11.7 Å². The first kappa shape index (κ1) is 16.1. The molecule has 1 aliphatic rings. The van der Waals surface area contributed by atoms with E-state index in [1.807, 2.05) is 48.0 Å². The number of hydrogen-bond acceptors (Lipinski definition) is 2. The fourth-order valence-corrected chi connectivity index (χ4v) is 3.83. The summed E-state index contributed by atoms with van der Waals surface area (Å²) >= 11 is 6.00. The molecule has 126 valence electrons. The van der Waals surface area contributed by atoms with Crippen molar-refractivity contribution in [1.29, 1.82) is 0 Å². The maximum atomic E-state index is 12.8. The van der Waals surface area contributed by atoms with Crippen LogP contribution in [0.1, 0.15) is 45.2 Å². The summed E-state index contributed by atoms with van der Waals surface area (Å²) in [7, 11) is 0. The van der Waals surface area contributed by atoms with E-state index in [9.17, 15) is 4.79 Å². The van der Waals surface area contributed by atoms with Gasteiger partial charge in [0.1, 0.15) is 0 Å². The fourth-order valence-electron chi connectivity index (χ4n) is 3.70. The molecule has 0 N–H and O–H groups in total. The van der Waals surface area contributed by atoms with Crippen molar-refractivity contribution in [2.75, 3.05) is 0 Å². The summed E-state index contributed by atoms with van der Waals surface area (Å²) < 4.78 is 1.94. The molecule has 1 heterocycles. The highest BCUT2D eigenvalue weighted by molar-refractivity contribution is 6.30. The lowest BCUT2D eigenvalue weighted by atomic mass is 9.81. The van der Waals surface area contributed by atoms with Crippen LogP contribution in [-0.4, -0.2) is 15.6 Å². The minimum absolute atomic E-state index is 0.164. The molecule has 25 heavy (non-hydrogen) atoms. The Kier molecular flexibility index (Phi) is 3.97. The molecule has 3 nitrogen and oxygen atoms in total. The second kappa shape index (κ2) is 6.16. The molecule has 4 heteroatoms. The molecule has 4 rings (SSSR count). The SMILES string of the molecule is Cc1cccc(-n2nc(C)c3c2CC(c2ccc(Cl)cc2)CC3=O)c1. The summed E-state index contributed by atoms with van der Waals surface area (Å²) in [6.45, 7) is 3.99. The van der Waals surface area contributed by atoms with Gasteiger partial charge in [0.15, 0.2) is 5.78 Å². The largest absolute Gasteiger partial charge is 0.294 e. The van der Waals surface area contributed by atoms with E-state index in [1.165, 1.54) is 5.56 Å². The van der Waals surface area contributed by atoms with Crippen molar-refractivity contribution < 1.29 is 4.79 Å². The van der Waals surface area contributed by atoms with Gasteiger partial charge >= 0.3 is 0 Å². The lowest BCUT2D eigenvalue weighted by Crippen LogP contribution is -2.20. The van der Waals surface area contributed by atoms with Crippen LogP contribution in [0.15, 0.2) is 48.5 Å². The van der Waals surface area contributed by atoms with Gasteiger partial charge < -0.3 is 0 Å². The number of aromatic nitrogens is 2. The Labute approximate surface area is 152 Å². The van der Waals surface area contributed by atoms with Crippen molar-refractivity contribution >= 4 is 17.4 Å². The first-order chi connectivity index (χ1) is 12.0. The molecule has 1 aliphatic carbocycles. The summed E-state index contributed by atoms with van der Waals surface area (Å²) in [6, 6.07) is 16.0. The molecule has 2 aromatic carbocycles. The molecule has 1 aromatic heterocycles. The van der Waals surface area contributed by atoms with Crippen molar-refractivity contribution in [2.24, 2.45) is 0 Å². The number of halogens is 1. The highest BCUT2D eigenvalue weighted by atomic mass is 35.5. The van der Waals surface area contributed by atoms with Crippen LogP contribution < -0.4 is 0 Å². The van der Waals surface area contributed by atoms with Crippen LogP contribution >= 0.6 is 11.6 Å². The fraction of sp³-hybridized carbons (Fsp3) is 0.238. The summed E-state index contributed by atoms with van der Waals surface area (Å²) in [5.74, 6) is 0.342. The van der Waals surface area contributed by atoms with Crippen molar-refractivity contribution in [1.82, 2.24) is 9.78 Å². The molecular weight excluding hydrogens is 332 g/mol. The molecule has 1 atom stereocenters. The number of hydrogen-bond donors (Lipinski definition) is 0.